The molecular weight excluding hydrogens is 435 g/mol. The number of methoxy groups -OCH3 is 1. The van der Waals surface area contributed by atoms with E-state index in [0.717, 1.165) is 30.0 Å². The molecule has 0 spiro atoms. The van der Waals surface area contributed by atoms with Crippen LogP contribution in [0.25, 0.3) is 0 Å². The number of hydrogen-bond acceptors (Lipinski definition) is 5. The highest BCUT2D eigenvalue weighted by atomic mass is 19.1. The van der Waals surface area contributed by atoms with Crippen LogP contribution in [0.5, 0.6) is 5.75 Å². The van der Waals surface area contributed by atoms with Gasteiger partial charge in [-0.05, 0) is 41.8 Å². The van der Waals surface area contributed by atoms with Gasteiger partial charge in [-0.1, -0.05) is 24.3 Å². The highest BCUT2D eigenvalue weighted by Crippen LogP contribution is 2.28. The third-order valence-corrected chi connectivity index (χ3v) is 6.73. The van der Waals surface area contributed by atoms with Gasteiger partial charge >= 0.3 is 0 Å². The number of hydrogen-bond donors (Lipinski definition) is 1. The Labute approximate surface area is 200 Å². The van der Waals surface area contributed by atoms with Crippen molar-refractivity contribution in [2.75, 3.05) is 39.8 Å². The van der Waals surface area contributed by atoms with E-state index in [2.05, 4.69) is 10.2 Å². The lowest BCUT2D eigenvalue weighted by Gasteiger charge is -2.32. The lowest BCUT2D eigenvalue weighted by Crippen LogP contribution is -2.53. The number of likely N-dealkylation sites (tertiary alicyclic amines) is 1. The number of carbonyl (C=O) groups is 2. The van der Waals surface area contributed by atoms with E-state index >= 15 is 0 Å². The second-order valence-corrected chi connectivity index (χ2v) is 9.03. The zero-order chi connectivity index (χ0) is 24.1. The van der Waals surface area contributed by atoms with Crippen molar-refractivity contribution in [2.24, 2.45) is 0 Å². The molecule has 2 aliphatic rings. The summed E-state index contributed by atoms with van der Waals surface area (Å²) >= 11 is 0. The molecule has 2 aromatic carbocycles. The fraction of sp³-hybridized carbons (Fsp3) is 0.462. The highest BCUT2D eigenvalue weighted by molar-refractivity contribution is 5.87. The largest absolute Gasteiger partial charge is 0.497 e. The Bertz CT molecular complexity index is 994. The zero-order valence-corrected chi connectivity index (χ0v) is 19.9. The molecule has 2 aromatic rings. The summed E-state index contributed by atoms with van der Waals surface area (Å²) in [5.41, 5.74) is 2.06. The number of benzene rings is 2. The number of piperazine rings is 1. The summed E-state index contributed by atoms with van der Waals surface area (Å²) in [6.45, 7) is 6.10. The van der Waals surface area contributed by atoms with Gasteiger partial charge in [-0.3, -0.25) is 14.5 Å². The SMILES string of the molecule is COc1cccc(CN(Cc2ccc(F)cc2)C2CC(C(=O)N3CCNCC3)N(C(C)=O)C2)c1. The molecular formula is C26H33FN4O3. The first-order valence-electron chi connectivity index (χ1n) is 11.8. The molecule has 1 N–H and O–H groups in total. The summed E-state index contributed by atoms with van der Waals surface area (Å²) in [5, 5.41) is 3.27. The molecule has 2 unspecified atom stereocenters. The predicted octanol–water partition coefficient (Wildman–Crippen LogP) is 2.26. The van der Waals surface area contributed by atoms with Gasteiger partial charge in [-0.2, -0.15) is 0 Å². The summed E-state index contributed by atoms with van der Waals surface area (Å²) in [6.07, 6.45) is 0.577. The lowest BCUT2D eigenvalue weighted by molar-refractivity contribution is -0.143. The van der Waals surface area contributed by atoms with Crippen molar-refractivity contribution in [2.45, 2.75) is 38.5 Å². The first-order chi connectivity index (χ1) is 16.4. The van der Waals surface area contributed by atoms with Gasteiger partial charge < -0.3 is 19.9 Å². The second-order valence-electron chi connectivity index (χ2n) is 9.03. The number of amides is 2. The van der Waals surface area contributed by atoms with Crippen LogP contribution in [0.4, 0.5) is 4.39 Å². The monoisotopic (exact) mass is 468 g/mol. The van der Waals surface area contributed by atoms with Crippen LogP contribution < -0.4 is 10.1 Å². The Kier molecular flexibility index (Phi) is 7.80. The second kappa shape index (κ2) is 11.0. The van der Waals surface area contributed by atoms with E-state index < -0.39 is 6.04 Å². The van der Waals surface area contributed by atoms with Gasteiger partial charge in [0.1, 0.15) is 17.6 Å². The van der Waals surface area contributed by atoms with Crippen molar-refractivity contribution in [1.29, 1.82) is 0 Å². The fourth-order valence-corrected chi connectivity index (χ4v) is 4.90. The van der Waals surface area contributed by atoms with Crippen LogP contribution in [-0.2, 0) is 22.7 Å². The number of rotatable bonds is 7. The zero-order valence-electron chi connectivity index (χ0n) is 19.9. The van der Waals surface area contributed by atoms with Crippen LogP contribution in [0.3, 0.4) is 0 Å². The van der Waals surface area contributed by atoms with Crippen LogP contribution in [0.2, 0.25) is 0 Å². The molecule has 0 saturated carbocycles. The van der Waals surface area contributed by atoms with Crippen LogP contribution in [0, 0.1) is 5.82 Å². The summed E-state index contributed by atoms with van der Waals surface area (Å²) in [7, 11) is 1.64. The van der Waals surface area contributed by atoms with Gasteiger partial charge in [0.25, 0.3) is 0 Å². The smallest absolute Gasteiger partial charge is 0.245 e. The molecule has 2 heterocycles. The molecule has 2 atom stereocenters. The van der Waals surface area contributed by atoms with E-state index in [1.165, 1.54) is 19.1 Å². The molecule has 34 heavy (non-hydrogen) atoms. The Morgan fingerprint density at radius 3 is 2.47 bits per heavy atom. The molecule has 7 nitrogen and oxygen atoms in total. The molecule has 2 saturated heterocycles. The number of carbonyl (C=O) groups excluding carboxylic acids is 2. The summed E-state index contributed by atoms with van der Waals surface area (Å²) in [6, 6.07) is 13.9. The fourth-order valence-electron chi connectivity index (χ4n) is 4.90. The van der Waals surface area contributed by atoms with E-state index in [1.54, 1.807) is 24.1 Å². The minimum absolute atomic E-state index is 0.00276. The first-order valence-corrected chi connectivity index (χ1v) is 11.8. The van der Waals surface area contributed by atoms with E-state index in [0.29, 0.717) is 39.1 Å². The van der Waals surface area contributed by atoms with Gasteiger partial charge in [-0.25, -0.2) is 4.39 Å². The van der Waals surface area contributed by atoms with Crippen molar-refractivity contribution < 1.29 is 18.7 Å². The van der Waals surface area contributed by atoms with Gasteiger partial charge in [0.2, 0.25) is 11.8 Å². The maximum Gasteiger partial charge on any atom is 0.245 e. The average Bonchev–Trinajstić information content (AvgIpc) is 3.31. The van der Waals surface area contributed by atoms with Crippen LogP contribution in [-0.4, -0.2) is 78.4 Å². The van der Waals surface area contributed by atoms with Crippen molar-refractivity contribution in [3.05, 3.63) is 65.5 Å². The molecule has 2 fully saturated rings. The average molecular weight is 469 g/mol. The highest BCUT2D eigenvalue weighted by Gasteiger charge is 2.42. The van der Waals surface area contributed by atoms with Gasteiger partial charge in [0.15, 0.2) is 0 Å². The number of ether oxygens (including phenoxy) is 1. The Hall–Kier alpha value is -2.97. The summed E-state index contributed by atoms with van der Waals surface area (Å²) in [4.78, 5) is 31.7. The minimum atomic E-state index is -0.457. The predicted molar refractivity (Wildman–Crippen MR) is 128 cm³/mol. The molecule has 0 aromatic heterocycles. The Morgan fingerprint density at radius 2 is 1.79 bits per heavy atom. The third-order valence-electron chi connectivity index (χ3n) is 6.73. The molecule has 2 aliphatic heterocycles. The number of nitrogens with one attached hydrogen (secondary N) is 1. The van der Waals surface area contributed by atoms with E-state index in [-0.39, 0.29) is 23.7 Å². The Morgan fingerprint density at radius 1 is 1.09 bits per heavy atom. The maximum absolute atomic E-state index is 13.5. The van der Waals surface area contributed by atoms with Crippen LogP contribution in [0.1, 0.15) is 24.5 Å². The van der Waals surface area contributed by atoms with Crippen molar-refractivity contribution in [3.8, 4) is 5.75 Å². The first kappa shape index (κ1) is 24.2. The standard InChI is InChI=1S/C26H33FN4O3/c1-19(32)31-18-23(15-25(31)26(33)29-12-10-28-11-13-29)30(16-20-6-8-22(27)9-7-20)17-21-4-3-5-24(14-21)34-2/h3-9,14,23,25,28H,10-13,15-18H2,1-2H3. The number of halogens is 1. The minimum Gasteiger partial charge on any atom is -0.497 e. The molecule has 4 rings (SSSR count). The molecule has 2 amide bonds. The number of nitrogens with zero attached hydrogens (tertiary/aromatic N) is 3. The van der Waals surface area contributed by atoms with E-state index in [4.69, 9.17) is 4.74 Å². The lowest BCUT2D eigenvalue weighted by atomic mass is 10.1. The Balaban J connectivity index is 1.57. The third kappa shape index (κ3) is 5.74. The topological polar surface area (TPSA) is 65.1 Å². The molecule has 0 bridgehead atoms. The van der Waals surface area contributed by atoms with Crippen molar-refractivity contribution in [1.82, 2.24) is 20.0 Å². The van der Waals surface area contributed by atoms with E-state index in [9.17, 15) is 14.0 Å². The quantitative estimate of drug-likeness (QED) is 0.676. The van der Waals surface area contributed by atoms with Crippen LogP contribution >= 0.6 is 0 Å². The van der Waals surface area contributed by atoms with Gasteiger partial charge in [0, 0.05) is 58.8 Å². The van der Waals surface area contributed by atoms with Crippen molar-refractivity contribution in [3.63, 3.8) is 0 Å². The van der Waals surface area contributed by atoms with Gasteiger partial charge in [0.05, 0.1) is 7.11 Å². The summed E-state index contributed by atoms with van der Waals surface area (Å²) in [5.74, 6) is 0.456. The molecule has 182 valence electrons. The molecule has 0 aliphatic carbocycles. The maximum atomic E-state index is 13.5. The van der Waals surface area contributed by atoms with Crippen LogP contribution in [0.15, 0.2) is 48.5 Å². The van der Waals surface area contributed by atoms with E-state index in [1.807, 2.05) is 29.2 Å². The molecule has 8 heteroatoms. The van der Waals surface area contributed by atoms with Gasteiger partial charge in [-0.15, -0.1) is 0 Å². The summed E-state index contributed by atoms with van der Waals surface area (Å²) < 4.78 is 18.9. The molecule has 0 radical (unpaired) electrons. The normalized spacial score (nSPS) is 20.6. The van der Waals surface area contributed by atoms with Crippen molar-refractivity contribution >= 4 is 11.8 Å².